The minimum atomic E-state index is -4.48. The number of nitrogens with zero attached hydrogens (tertiary/aromatic N) is 3. The Morgan fingerprint density at radius 3 is 2.57 bits per heavy atom. The smallest absolute Gasteiger partial charge is 0.435 e. The number of pyridine rings is 1. The molecule has 2 aromatic heterocycles. The molecule has 0 spiro atoms. The van der Waals surface area contributed by atoms with Crippen molar-refractivity contribution >= 4 is 33.5 Å². The van der Waals surface area contributed by atoms with Crippen molar-refractivity contribution < 1.29 is 17.9 Å². The van der Waals surface area contributed by atoms with Crippen LogP contribution in [-0.4, -0.2) is 21.9 Å². The van der Waals surface area contributed by atoms with Crippen LogP contribution in [0.5, 0.6) is 5.75 Å². The van der Waals surface area contributed by atoms with Gasteiger partial charge in [0.2, 0.25) is 0 Å². The second kappa shape index (κ2) is 5.66. The first-order chi connectivity index (χ1) is 10.8. The van der Waals surface area contributed by atoms with Gasteiger partial charge in [0.05, 0.1) is 12.6 Å². The van der Waals surface area contributed by atoms with E-state index in [9.17, 15) is 13.2 Å². The lowest BCUT2D eigenvalue weighted by molar-refractivity contribution is -0.141. The highest BCUT2D eigenvalue weighted by atomic mass is 127. The zero-order valence-corrected chi connectivity index (χ0v) is 14.3. The predicted molar refractivity (Wildman–Crippen MR) is 87.9 cm³/mol. The summed E-state index contributed by atoms with van der Waals surface area (Å²) in [6.45, 7) is 1.86. The van der Waals surface area contributed by atoms with E-state index < -0.39 is 11.9 Å². The number of benzene rings is 1. The SMILES string of the molecule is COc1ccc2c(I)cc(-n3ccc(C(F)(F)F)n3)nc2c1C. The molecule has 0 aliphatic carbocycles. The summed E-state index contributed by atoms with van der Waals surface area (Å²) in [5, 5.41) is 4.48. The maximum Gasteiger partial charge on any atom is 0.435 e. The van der Waals surface area contributed by atoms with Crippen molar-refractivity contribution in [1.29, 1.82) is 0 Å². The van der Waals surface area contributed by atoms with Gasteiger partial charge in [-0.25, -0.2) is 9.67 Å². The zero-order valence-electron chi connectivity index (χ0n) is 12.1. The molecule has 8 heteroatoms. The number of rotatable bonds is 2. The Kier molecular flexibility index (Phi) is 3.95. The van der Waals surface area contributed by atoms with Crippen LogP contribution in [0.2, 0.25) is 0 Å². The molecule has 1 aromatic carbocycles. The van der Waals surface area contributed by atoms with Gasteiger partial charge in [-0.3, -0.25) is 0 Å². The second-order valence-corrected chi connectivity index (χ2v) is 6.06. The van der Waals surface area contributed by atoms with Crippen LogP contribution in [0.4, 0.5) is 13.2 Å². The molecule has 2 heterocycles. The first-order valence-corrected chi connectivity index (χ1v) is 7.66. The van der Waals surface area contributed by atoms with E-state index in [1.807, 2.05) is 19.1 Å². The molecule has 0 aliphatic heterocycles. The van der Waals surface area contributed by atoms with E-state index >= 15 is 0 Å². The van der Waals surface area contributed by atoms with Gasteiger partial charge in [-0.1, -0.05) is 0 Å². The summed E-state index contributed by atoms with van der Waals surface area (Å²) < 4.78 is 45.4. The lowest BCUT2D eigenvalue weighted by Gasteiger charge is -2.11. The van der Waals surface area contributed by atoms with Crippen LogP contribution in [0.25, 0.3) is 16.7 Å². The third-order valence-corrected chi connectivity index (χ3v) is 4.35. The van der Waals surface area contributed by atoms with E-state index in [1.165, 1.54) is 6.20 Å². The molecule has 0 radical (unpaired) electrons. The number of hydrogen-bond acceptors (Lipinski definition) is 3. The topological polar surface area (TPSA) is 39.9 Å². The standard InChI is InChI=1S/C15H11F3IN3O/c1-8-11(23-2)4-3-9-10(19)7-13(20-14(8)9)22-6-5-12(21-22)15(16,17)18/h3-7H,1-2H3. The van der Waals surface area contributed by atoms with Crippen LogP contribution in [0, 0.1) is 10.5 Å². The third-order valence-electron chi connectivity index (χ3n) is 3.45. The number of alkyl halides is 3. The lowest BCUT2D eigenvalue weighted by Crippen LogP contribution is -2.08. The van der Waals surface area contributed by atoms with Crippen LogP contribution in [-0.2, 0) is 6.18 Å². The Morgan fingerprint density at radius 1 is 1.22 bits per heavy atom. The lowest BCUT2D eigenvalue weighted by atomic mass is 10.1. The quantitative estimate of drug-likeness (QED) is 0.564. The average Bonchev–Trinajstić information content (AvgIpc) is 2.98. The number of aromatic nitrogens is 3. The normalized spacial score (nSPS) is 11.9. The second-order valence-electron chi connectivity index (χ2n) is 4.89. The molecule has 120 valence electrons. The van der Waals surface area contributed by atoms with Crippen LogP contribution in [0.1, 0.15) is 11.3 Å². The van der Waals surface area contributed by atoms with Gasteiger partial charge in [-0.15, -0.1) is 0 Å². The first-order valence-electron chi connectivity index (χ1n) is 6.58. The van der Waals surface area contributed by atoms with E-state index in [-0.39, 0.29) is 0 Å². The van der Waals surface area contributed by atoms with Crippen molar-refractivity contribution in [3.63, 3.8) is 0 Å². The summed E-state index contributed by atoms with van der Waals surface area (Å²) in [6, 6.07) is 6.35. The van der Waals surface area contributed by atoms with Crippen LogP contribution < -0.4 is 4.74 Å². The van der Waals surface area contributed by atoms with Crippen LogP contribution >= 0.6 is 22.6 Å². The molecule has 0 aliphatic rings. The molecule has 23 heavy (non-hydrogen) atoms. The highest BCUT2D eigenvalue weighted by Crippen LogP contribution is 2.31. The largest absolute Gasteiger partial charge is 0.496 e. The van der Waals surface area contributed by atoms with Gasteiger partial charge in [0, 0.05) is 20.7 Å². The van der Waals surface area contributed by atoms with Gasteiger partial charge >= 0.3 is 6.18 Å². The fraction of sp³-hybridized carbons (Fsp3) is 0.200. The summed E-state index contributed by atoms with van der Waals surface area (Å²) in [6.07, 6.45) is -3.23. The van der Waals surface area contributed by atoms with Crippen molar-refractivity contribution in [3.05, 3.63) is 45.3 Å². The highest BCUT2D eigenvalue weighted by Gasteiger charge is 2.33. The van der Waals surface area contributed by atoms with Gasteiger partial charge in [-0.2, -0.15) is 18.3 Å². The van der Waals surface area contributed by atoms with E-state index in [1.54, 1.807) is 13.2 Å². The summed E-state index contributed by atoms with van der Waals surface area (Å²) in [5.41, 5.74) is 0.556. The van der Waals surface area contributed by atoms with E-state index in [2.05, 4.69) is 32.7 Å². The molecule has 0 saturated heterocycles. The summed E-state index contributed by atoms with van der Waals surface area (Å²) in [7, 11) is 1.56. The summed E-state index contributed by atoms with van der Waals surface area (Å²) in [5.74, 6) is 1.00. The maximum atomic E-state index is 12.7. The number of fused-ring (bicyclic) bond motifs is 1. The van der Waals surface area contributed by atoms with Gasteiger partial charge < -0.3 is 4.74 Å². The van der Waals surface area contributed by atoms with Crippen LogP contribution in [0.3, 0.4) is 0 Å². The molecule has 0 saturated carbocycles. The maximum absolute atomic E-state index is 12.7. The molecule has 0 amide bonds. The van der Waals surface area contributed by atoms with Gasteiger partial charge in [0.15, 0.2) is 11.5 Å². The van der Waals surface area contributed by atoms with Gasteiger partial charge in [0.25, 0.3) is 0 Å². The molecule has 3 rings (SSSR count). The predicted octanol–water partition coefficient (Wildman–Crippen LogP) is 4.36. The molecule has 0 fully saturated rings. The number of aryl methyl sites for hydroxylation is 1. The zero-order chi connectivity index (χ0) is 16.8. The van der Waals surface area contributed by atoms with Crippen molar-refractivity contribution in [2.75, 3.05) is 7.11 Å². The molecule has 0 N–H and O–H groups in total. The molecular weight excluding hydrogens is 422 g/mol. The molecule has 4 nitrogen and oxygen atoms in total. The Labute approximate surface area is 143 Å². The van der Waals surface area contributed by atoms with Crippen molar-refractivity contribution in [2.24, 2.45) is 0 Å². The Morgan fingerprint density at radius 2 is 1.96 bits per heavy atom. The number of halogens is 4. The fourth-order valence-corrected chi connectivity index (χ4v) is 3.01. The molecule has 0 bridgehead atoms. The first kappa shape index (κ1) is 16.0. The molecule has 3 aromatic rings. The van der Waals surface area contributed by atoms with Crippen LogP contribution in [0.15, 0.2) is 30.5 Å². The number of methoxy groups -OCH3 is 1. The molecular formula is C15H11F3IN3O. The fourth-order valence-electron chi connectivity index (χ4n) is 2.30. The number of hydrogen-bond donors (Lipinski definition) is 0. The highest BCUT2D eigenvalue weighted by molar-refractivity contribution is 14.1. The van der Waals surface area contributed by atoms with Gasteiger partial charge in [-0.05, 0) is 53.8 Å². The van der Waals surface area contributed by atoms with E-state index in [0.717, 1.165) is 25.3 Å². The summed E-state index contributed by atoms with van der Waals surface area (Å²) in [4.78, 5) is 4.46. The number of ether oxygens (including phenoxy) is 1. The molecule has 0 atom stereocenters. The Hall–Kier alpha value is -1.84. The monoisotopic (exact) mass is 433 g/mol. The third kappa shape index (κ3) is 2.87. The molecule has 0 unspecified atom stereocenters. The average molecular weight is 433 g/mol. The summed E-state index contributed by atoms with van der Waals surface area (Å²) >= 11 is 2.13. The minimum Gasteiger partial charge on any atom is -0.496 e. The van der Waals surface area contributed by atoms with E-state index in [4.69, 9.17) is 4.74 Å². The minimum absolute atomic E-state index is 0.328. The Balaban J connectivity index is 2.19. The van der Waals surface area contributed by atoms with E-state index in [0.29, 0.717) is 17.1 Å². The van der Waals surface area contributed by atoms with Crippen molar-refractivity contribution in [3.8, 4) is 11.6 Å². The van der Waals surface area contributed by atoms with Crippen molar-refractivity contribution in [1.82, 2.24) is 14.8 Å². The van der Waals surface area contributed by atoms with Gasteiger partial charge in [0.1, 0.15) is 5.75 Å². The Bertz CT molecular complexity index is 890. The van der Waals surface area contributed by atoms with Crippen molar-refractivity contribution in [2.45, 2.75) is 13.1 Å².